The van der Waals surface area contributed by atoms with Crippen LogP contribution in [0, 0.1) is 11.3 Å². The maximum Gasteiger partial charge on any atom is 0.255 e. The highest BCUT2D eigenvalue weighted by Crippen LogP contribution is 2.21. The summed E-state index contributed by atoms with van der Waals surface area (Å²) in [6, 6.07) is 17.0. The van der Waals surface area contributed by atoms with Gasteiger partial charge >= 0.3 is 0 Å². The molecule has 0 aliphatic carbocycles. The molecule has 1 fully saturated rings. The fourth-order valence-electron chi connectivity index (χ4n) is 3.33. The highest BCUT2D eigenvalue weighted by atomic mass is 16.2. The molecular weight excluding hydrogens is 364 g/mol. The summed E-state index contributed by atoms with van der Waals surface area (Å²) in [5.74, 6) is 0.888. The second kappa shape index (κ2) is 8.40. The van der Waals surface area contributed by atoms with Gasteiger partial charge < -0.3 is 15.1 Å². The molecule has 1 aromatic carbocycles. The summed E-state index contributed by atoms with van der Waals surface area (Å²) in [7, 11) is 0. The molecule has 7 heteroatoms. The first kappa shape index (κ1) is 18.4. The van der Waals surface area contributed by atoms with Gasteiger partial charge in [-0.2, -0.15) is 5.26 Å². The summed E-state index contributed by atoms with van der Waals surface area (Å²) in [4.78, 5) is 25.5. The molecule has 1 saturated heterocycles. The van der Waals surface area contributed by atoms with Crippen molar-refractivity contribution in [1.29, 1.82) is 5.26 Å². The van der Waals surface area contributed by atoms with Crippen LogP contribution in [0.15, 0.2) is 67.1 Å². The van der Waals surface area contributed by atoms with Gasteiger partial charge in [-0.1, -0.05) is 18.2 Å². The first-order valence-corrected chi connectivity index (χ1v) is 9.41. The number of anilines is 3. The first-order chi connectivity index (χ1) is 14.2. The van der Waals surface area contributed by atoms with E-state index in [4.69, 9.17) is 0 Å². The third kappa shape index (κ3) is 4.17. The minimum absolute atomic E-state index is 0.0459. The number of carbonyl (C=O) groups is 1. The predicted octanol–water partition coefficient (Wildman–Crippen LogP) is 3.05. The van der Waals surface area contributed by atoms with Crippen molar-refractivity contribution >= 4 is 23.1 Å². The number of para-hydroxylation sites is 1. The van der Waals surface area contributed by atoms with Gasteiger partial charge in [0, 0.05) is 38.6 Å². The number of hydrogen-bond acceptors (Lipinski definition) is 6. The third-order valence-corrected chi connectivity index (χ3v) is 4.85. The second-order valence-electron chi connectivity index (χ2n) is 6.71. The Morgan fingerprint density at radius 1 is 1.03 bits per heavy atom. The monoisotopic (exact) mass is 384 g/mol. The number of hydrogen-bond donors (Lipinski definition) is 1. The van der Waals surface area contributed by atoms with Crippen molar-refractivity contribution < 1.29 is 4.79 Å². The number of carbonyl (C=O) groups excluding carboxylic acids is 1. The Kier molecular flexibility index (Phi) is 5.34. The zero-order chi connectivity index (χ0) is 20.1. The molecule has 7 nitrogen and oxygen atoms in total. The number of nitriles is 1. The van der Waals surface area contributed by atoms with Gasteiger partial charge in [0.1, 0.15) is 11.9 Å². The van der Waals surface area contributed by atoms with Gasteiger partial charge in [0.15, 0.2) is 0 Å². The van der Waals surface area contributed by atoms with E-state index < -0.39 is 0 Å². The van der Waals surface area contributed by atoms with Crippen LogP contribution in [-0.4, -0.2) is 47.0 Å². The number of nitrogens with one attached hydrogen (secondary N) is 1. The summed E-state index contributed by atoms with van der Waals surface area (Å²) in [5.41, 5.74) is 2.42. The minimum atomic E-state index is -0.0459. The molecule has 0 unspecified atom stereocenters. The predicted molar refractivity (Wildman–Crippen MR) is 111 cm³/mol. The normalized spacial score (nSPS) is 13.6. The molecule has 1 amide bonds. The van der Waals surface area contributed by atoms with Gasteiger partial charge in [-0.05, 0) is 30.3 Å². The molecule has 0 saturated carbocycles. The molecule has 0 atom stereocenters. The average Bonchev–Trinajstić information content (AvgIpc) is 2.80. The number of amides is 1. The topological polar surface area (TPSA) is 85.1 Å². The van der Waals surface area contributed by atoms with E-state index in [2.05, 4.69) is 26.3 Å². The van der Waals surface area contributed by atoms with Gasteiger partial charge in [0.25, 0.3) is 5.91 Å². The van der Waals surface area contributed by atoms with Crippen molar-refractivity contribution in [3.05, 3.63) is 78.2 Å². The number of rotatable bonds is 4. The Labute approximate surface area is 169 Å². The van der Waals surface area contributed by atoms with Gasteiger partial charge in [-0.25, -0.2) is 4.98 Å². The number of aromatic nitrogens is 2. The maximum absolute atomic E-state index is 12.9. The van der Waals surface area contributed by atoms with E-state index in [9.17, 15) is 10.1 Å². The van der Waals surface area contributed by atoms with Crippen molar-refractivity contribution in [2.45, 2.75) is 0 Å². The van der Waals surface area contributed by atoms with Crippen LogP contribution in [0.5, 0.6) is 0 Å². The van der Waals surface area contributed by atoms with Crippen LogP contribution in [0.3, 0.4) is 0 Å². The average molecular weight is 384 g/mol. The van der Waals surface area contributed by atoms with Crippen LogP contribution in [0.4, 0.5) is 17.2 Å². The quantitative estimate of drug-likeness (QED) is 0.744. The lowest BCUT2D eigenvalue weighted by molar-refractivity contribution is 0.0746. The molecule has 3 heterocycles. The summed E-state index contributed by atoms with van der Waals surface area (Å²) >= 11 is 0. The molecule has 4 rings (SSSR count). The van der Waals surface area contributed by atoms with Gasteiger partial charge in [-0.3, -0.25) is 9.78 Å². The zero-order valence-electron chi connectivity index (χ0n) is 15.8. The molecule has 3 aromatic rings. The molecule has 29 heavy (non-hydrogen) atoms. The Balaban J connectivity index is 1.43. The lowest BCUT2D eigenvalue weighted by Gasteiger charge is -2.35. The highest BCUT2D eigenvalue weighted by Gasteiger charge is 2.23. The van der Waals surface area contributed by atoms with E-state index >= 15 is 0 Å². The summed E-state index contributed by atoms with van der Waals surface area (Å²) in [6.07, 6.45) is 5.00. The summed E-state index contributed by atoms with van der Waals surface area (Å²) in [6.45, 7) is 2.74. The fraction of sp³-hybridized carbons (Fsp3) is 0.182. The van der Waals surface area contributed by atoms with Crippen LogP contribution >= 0.6 is 0 Å². The van der Waals surface area contributed by atoms with Crippen LogP contribution in [0.1, 0.15) is 15.9 Å². The maximum atomic E-state index is 12.9. The van der Waals surface area contributed by atoms with Crippen LogP contribution in [-0.2, 0) is 0 Å². The number of piperazine rings is 1. The molecule has 144 valence electrons. The fourth-order valence-corrected chi connectivity index (χ4v) is 3.33. The zero-order valence-corrected chi connectivity index (χ0v) is 15.8. The summed E-state index contributed by atoms with van der Waals surface area (Å²) in [5, 5.41) is 12.4. The van der Waals surface area contributed by atoms with Crippen LogP contribution in [0.2, 0.25) is 0 Å². The van der Waals surface area contributed by atoms with Gasteiger partial charge in [-0.15, -0.1) is 0 Å². The molecule has 1 aliphatic heterocycles. The first-order valence-electron chi connectivity index (χ1n) is 9.41. The molecule has 0 radical (unpaired) electrons. The van der Waals surface area contributed by atoms with Crippen LogP contribution < -0.4 is 10.2 Å². The smallest absolute Gasteiger partial charge is 0.255 e. The molecule has 1 aliphatic rings. The number of pyridine rings is 2. The molecular formula is C22H20N6O. The van der Waals surface area contributed by atoms with Crippen molar-refractivity contribution in [1.82, 2.24) is 14.9 Å². The van der Waals surface area contributed by atoms with E-state index in [0.29, 0.717) is 35.6 Å². The largest absolute Gasteiger partial charge is 0.353 e. The second-order valence-corrected chi connectivity index (χ2v) is 6.71. The van der Waals surface area contributed by atoms with Crippen molar-refractivity contribution in [3.8, 4) is 6.07 Å². The van der Waals surface area contributed by atoms with E-state index in [0.717, 1.165) is 18.9 Å². The highest BCUT2D eigenvalue weighted by molar-refractivity contribution is 5.95. The third-order valence-electron chi connectivity index (χ3n) is 4.85. The molecule has 0 bridgehead atoms. The van der Waals surface area contributed by atoms with E-state index in [1.807, 2.05) is 41.3 Å². The van der Waals surface area contributed by atoms with Crippen molar-refractivity contribution in [2.75, 3.05) is 36.4 Å². The van der Waals surface area contributed by atoms with Gasteiger partial charge in [0.2, 0.25) is 0 Å². The Bertz CT molecular complexity index is 1040. The van der Waals surface area contributed by atoms with Gasteiger partial charge in [0.05, 0.1) is 28.7 Å². The molecule has 1 N–H and O–H groups in total. The lowest BCUT2D eigenvalue weighted by atomic mass is 10.1. The number of nitrogens with zero attached hydrogens (tertiary/aromatic N) is 5. The standard InChI is InChI=1S/C22H20N6O/c23-14-17-5-1-2-6-20(17)26-19-13-18(15-24-16-19)22(29)28-11-9-27(10-12-28)21-7-3-4-8-25-21/h1-8,13,15-16,26H,9-12H2. The Morgan fingerprint density at radius 3 is 2.59 bits per heavy atom. The van der Waals surface area contributed by atoms with E-state index in [1.54, 1.807) is 30.7 Å². The van der Waals surface area contributed by atoms with E-state index in [1.165, 1.54) is 0 Å². The van der Waals surface area contributed by atoms with Crippen LogP contribution in [0.25, 0.3) is 0 Å². The Hall–Kier alpha value is -3.92. The minimum Gasteiger partial charge on any atom is -0.353 e. The number of benzene rings is 1. The van der Waals surface area contributed by atoms with Crippen molar-refractivity contribution in [3.63, 3.8) is 0 Å². The van der Waals surface area contributed by atoms with E-state index in [-0.39, 0.29) is 5.91 Å². The lowest BCUT2D eigenvalue weighted by Crippen LogP contribution is -2.49. The summed E-state index contributed by atoms with van der Waals surface area (Å²) < 4.78 is 0. The SMILES string of the molecule is N#Cc1ccccc1Nc1cncc(C(=O)N2CCN(c3ccccn3)CC2)c1. The Morgan fingerprint density at radius 2 is 1.83 bits per heavy atom. The molecule has 0 spiro atoms. The van der Waals surface area contributed by atoms with Crippen molar-refractivity contribution in [2.24, 2.45) is 0 Å². The molecule has 2 aromatic heterocycles.